The van der Waals surface area contributed by atoms with Crippen LogP contribution in [0.25, 0.3) is 0 Å². The zero-order valence-corrected chi connectivity index (χ0v) is 9.99. The Bertz CT molecular complexity index is 189. The van der Waals surface area contributed by atoms with E-state index in [0.29, 0.717) is 6.04 Å². The normalized spacial score (nSPS) is 33.8. The molecule has 2 atom stereocenters. The highest BCUT2D eigenvalue weighted by molar-refractivity contribution is 4.88. The molecule has 0 heterocycles. The summed E-state index contributed by atoms with van der Waals surface area (Å²) in [7, 11) is 0. The summed E-state index contributed by atoms with van der Waals surface area (Å²) in [6.07, 6.45) is 10.2. The molecule has 2 fully saturated rings. The van der Waals surface area contributed by atoms with Crippen LogP contribution in [0.15, 0.2) is 0 Å². The fourth-order valence-corrected chi connectivity index (χ4v) is 3.48. The fourth-order valence-electron chi connectivity index (χ4n) is 3.48. The molecule has 0 amide bonds. The van der Waals surface area contributed by atoms with Gasteiger partial charge < -0.3 is 5.11 Å². The summed E-state index contributed by atoms with van der Waals surface area (Å²) >= 11 is 0. The zero-order chi connectivity index (χ0) is 10.7. The van der Waals surface area contributed by atoms with Gasteiger partial charge in [-0.15, -0.1) is 0 Å². The molecule has 0 aromatic rings. The molecule has 2 rings (SSSR count). The second-order valence-electron chi connectivity index (χ2n) is 5.19. The van der Waals surface area contributed by atoms with Gasteiger partial charge in [0.15, 0.2) is 0 Å². The lowest BCUT2D eigenvalue weighted by Crippen LogP contribution is -2.49. The summed E-state index contributed by atoms with van der Waals surface area (Å²) in [5.74, 6) is 0. The molecule has 2 aliphatic rings. The molecule has 0 aliphatic heterocycles. The molecule has 0 aromatic heterocycles. The van der Waals surface area contributed by atoms with E-state index in [9.17, 15) is 5.11 Å². The van der Waals surface area contributed by atoms with Crippen LogP contribution in [0.2, 0.25) is 0 Å². The topological polar surface area (TPSA) is 23.5 Å². The van der Waals surface area contributed by atoms with Gasteiger partial charge in [0.1, 0.15) is 0 Å². The molecule has 0 unspecified atom stereocenters. The van der Waals surface area contributed by atoms with Crippen LogP contribution in [-0.4, -0.2) is 34.7 Å². The second-order valence-corrected chi connectivity index (χ2v) is 5.19. The van der Waals surface area contributed by atoms with Crippen LogP contribution in [0.3, 0.4) is 0 Å². The van der Waals surface area contributed by atoms with E-state index >= 15 is 0 Å². The number of rotatable bonds is 3. The second kappa shape index (κ2) is 5.31. The molecule has 2 heteroatoms. The molecule has 15 heavy (non-hydrogen) atoms. The van der Waals surface area contributed by atoms with Crippen LogP contribution in [0, 0.1) is 0 Å². The molecule has 0 saturated heterocycles. The van der Waals surface area contributed by atoms with E-state index in [2.05, 4.69) is 11.8 Å². The molecule has 2 saturated carbocycles. The molecule has 1 N–H and O–H groups in total. The van der Waals surface area contributed by atoms with Gasteiger partial charge in [0, 0.05) is 12.1 Å². The van der Waals surface area contributed by atoms with E-state index in [1.165, 1.54) is 44.9 Å². The van der Waals surface area contributed by atoms with Gasteiger partial charge in [-0.05, 0) is 32.2 Å². The monoisotopic (exact) mass is 211 g/mol. The third-order valence-corrected chi connectivity index (χ3v) is 4.28. The molecule has 0 aromatic carbocycles. The predicted octanol–water partition coefficient (Wildman–Crippen LogP) is 2.55. The van der Waals surface area contributed by atoms with E-state index in [1.807, 2.05) is 0 Å². The van der Waals surface area contributed by atoms with Crippen LogP contribution in [-0.2, 0) is 0 Å². The van der Waals surface area contributed by atoms with E-state index in [1.54, 1.807) is 0 Å². The first-order chi connectivity index (χ1) is 7.33. The first kappa shape index (κ1) is 11.4. The average Bonchev–Trinajstić information content (AvgIpc) is 2.75. The highest BCUT2D eigenvalue weighted by atomic mass is 16.3. The average molecular weight is 211 g/mol. The highest BCUT2D eigenvalue weighted by Crippen LogP contribution is 2.30. The van der Waals surface area contributed by atoms with Gasteiger partial charge in [-0.2, -0.15) is 0 Å². The summed E-state index contributed by atoms with van der Waals surface area (Å²) in [5.41, 5.74) is 0. The number of hydrogen-bond acceptors (Lipinski definition) is 2. The third kappa shape index (κ3) is 2.54. The van der Waals surface area contributed by atoms with Crippen molar-refractivity contribution < 1.29 is 5.11 Å². The molecule has 2 nitrogen and oxygen atoms in total. The Morgan fingerprint density at radius 2 is 1.60 bits per heavy atom. The Kier molecular flexibility index (Phi) is 4.04. The molecule has 0 spiro atoms. The Morgan fingerprint density at radius 1 is 1.00 bits per heavy atom. The number of aliphatic hydroxyl groups excluding tert-OH is 1. The van der Waals surface area contributed by atoms with Crippen LogP contribution < -0.4 is 0 Å². The van der Waals surface area contributed by atoms with E-state index in [4.69, 9.17) is 0 Å². The first-order valence-corrected chi connectivity index (χ1v) is 6.76. The Hall–Kier alpha value is -0.0800. The van der Waals surface area contributed by atoms with Gasteiger partial charge >= 0.3 is 0 Å². The lowest BCUT2D eigenvalue weighted by Gasteiger charge is -2.40. The van der Waals surface area contributed by atoms with Crippen molar-refractivity contribution in [2.75, 3.05) is 6.54 Å². The Balaban J connectivity index is 1.97. The number of aliphatic hydroxyl groups is 1. The van der Waals surface area contributed by atoms with Crippen LogP contribution in [0.4, 0.5) is 0 Å². The highest BCUT2D eigenvalue weighted by Gasteiger charge is 2.33. The maximum atomic E-state index is 10.1. The van der Waals surface area contributed by atoms with Gasteiger partial charge in [0.25, 0.3) is 0 Å². The van der Waals surface area contributed by atoms with E-state index in [-0.39, 0.29) is 6.10 Å². The number of hydrogen-bond donors (Lipinski definition) is 1. The van der Waals surface area contributed by atoms with Crippen molar-refractivity contribution in [2.24, 2.45) is 0 Å². The summed E-state index contributed by atoms with van der Waals surface area (Å²) in [5, 5.41) is 10.1. The molecule has 2 aliphatic carbocycles. The van der Waals surface area contributed by atoms with Crippen molar-refractivity contribution in [1.29, 1.82) is 0 Å². The SMILES string of the molecule is CCN(C1CCCC1)[C@H]1CCCC[C@@H]1O. The van der Waals surface area contributed by atoms with Gasteiger partial charge in [0.05, 0.1) is 6.10 Å². The van der Waals surface area contributed by atoms with Crippen molar-refractivity contribution >= 4 is 0 Å². The minimum Gasteiger partial charge on any atom is -0.391 e. The fraction of sp³-hybridized carbons (Fsp3) is 1.00. The quantitative estimate of drug-likeness (QED) is 0.775. The maximum Gasteiger partial charge on any atom is 0.0695 e. The molecule has 88 valence electrons. The lowest BCUT2D eigenvalue weighted by molar-refractivity contribution is 0.00204. The Labute approximate surface area is 93.7 Å². The van der Waals surface area contributed by atoms with E-state index < -0.39 is 0 Å². The minimum absolute atomic E-state index is 0.0562. The number of likely N-dealkylation sites (N-methyl/N-ethyl adjacent to an activating group) is 1. The van der Waals surface area contributed by atoms with Crippen molar-refractivity contribution in [1.82, 2.24) is 4.90 Å². The van der Waals surface area contributed by atoms with Crippen LogP contribution in [0.1, 0.15) is 58.3 Å². The van der Waals surface area contributed by atoms with Gasteiger partial charge in [-0.1, -0.05) is 32.6 Å². The standard InChI is InChI=1S/C13H25NO/c1-2-14(11-7-3-4-8-11)12-9-5-6-10-13(12)15/h11-13,15H,2-10H2,1H3/t12-,13-/m0/s1. The van der Waals surface area contributed by atoms with Gasteiger partial charge in [-0.3, -0.25) is 4.90 Å². The van der Waals surface area contributed by atoms with E-state index in [0.717, 1.165) is 19.0 Å². The maximum absolute atomic E-state index is 10.1. The van der Waals surface area contributed by atoms with Crippen LogP contribution in [0.5, 0.6) is 0 Å². The zero-order valence-electron chi connectivity index (χ0n) is 9.99. The lowest BCUT2D eigenvalue weighted by atomic mass is 9.90. The van der Waals surface area contributed by atoms with Crippen molar-refractivity contribution in [2.45, 2.75) is 76.5 Å². The minimum atomic E-state index is -0.0562. The third-order valence-electron chi connectivity index (χ3n) is 4.28. The first-order valence-electron chi connectivity index (χ1n) is 6.76. The smallest absolute Gasteiger partial charge is 0.0695 e. The van der Waals surface area contributed by atoms with Crippen molar-refractivity contribution in [3.63, 3.8) is 0 Å². The molecular formula is C13H25NO. The van der Waals surface area contributed by atoms with Crippen molar-refractivity contribution in [3.05, 3.63) is 0 Å². The summed E-state index contributed by atoms with van der Waals surface area (Å²) < 4.78 is 0. The predicted molar refractivity (Wildman–Crippen MR) is 62.9 cm³/mol. The summed E-state index contributed by atoms with van der Waals surface area (Å²) in [6.45, 7) is 3.37. The van der Waals surface area contributed by atoms with Gasteiger partial charge in [0.2, 0.25) is 0 Å². The molecular weight excluding hydrogens is 186 g/mol. The molecule has 0 bridgehead atoms. The largest absolute Gasteiger partial charge is 0.391 e. The summed E-state index contributed by atoms with van der Waals surface area (Å²) in [6, 6.07) is 1.24. The summed E-state index contributed by atoms with van der Waals surface area (Å²) in [4.78, 5) is 2.59. The van der Waals surface area contributed by atoms with Gasteiger partial charge in [-0.25, -0.2) is 0 Å². The number of nitrogens with zero attached hydrogens (tertiary/aromatic N) is 1. The molecule has 0 radical (unpaired) electrons. The van der Waals surface area contributed by atoms with Crippen LogP contribution >= 0.6 is 0 Å². The van der Waals surface area contributed by atoms with Crippen molar-refractivity contribution in [3.8, 4) is 0 Å². The Morgan fingerprint density at radius 3 is 2.20 bits per heavy atom.